The SMILES string of the molecule is NC(=O)C12CC3CC(C1)C(NC(=O)C1(N(c4ccccc4C(F)(F)F)S(=O)O)CCC1)C(C3)C2. The molecule has 0 saturated heterocycles. The first-order valence-electron chi connectivity index (χ1n) is 11.7. The van der Waals surface area contributed by atoms with Crippen LogP contribution in [0.1, 0.15) is 56.9 Å². The van der Waals surface area contributed by atoms with Crippen LogP contribution < -0.4 is 15.4 Å². The molecule has 4 N–H and O–H groups in total. The molecule has 2 amide bonds. The van der Waals surface area contributed by atoms with E-state index in [-0.39, 0.29) is 36.6 Å². The molecule has 5 aliphatic rings. The maximum Gasteiger partial charge on any atom is 0.418 e. The van der Waals surface area contributed by atoms with E-state index >= 15 is 0 Å². The number of carbonyl (C=O) groups is 2. The number of alkyl halides is 3. The van der Waals surface area contributed by atoms with Crippen LogP contribution >= 0.6 is 0 Å². The molecule has 3 atom stereocenters. The minimum absolute atomic E-state index is 0.0651. The summed E-state index contributed by atoms with van der Waals surface area (Å²) in [6.45, 7) is 0. The summed E-state index contributed by atoms with van der Waals surface area (Å²) in [5.74, 6) is -0.303. The molecule has 7 nitrogen and oxygen atoms in total. The molecule has 6 rings (SSSR count). The van der Waals surface area contributed by atoms with Crippen LogP contribution in [0.4, 0.5) is 18.9 Å². The molecule has 5 aliphatic carbocycles. The van der Waals surface area contributed by atoms with Crippen LogP contribution in [0, 0.1) is 23.2 Å². The summed E-state index contributed by atoms with van der Waals surface area (Å²) in [7, 11) is 0. The second-order valence-corrected chi connectivity index (χ2v) is 11.4. The van der Waals surface area contributed by atoms with Gasteiger partial charge in [-0.2, -0.15) is 13.2 Å². The number of nitrogens with zero attached hydrogens (tertiary/aromatic N) is 1. The van der Waals surface area contributed by atoms with Gasteiger partial charge in [-0.1, -0.05) is 12.1 Å². The quantitative estimate of drug-likeness (QED) is 0.521. The molecule has 0 heterocycles. The number of halogens is 3. The van der Waals surface area contributed by atoms with Gasteiger partial charge in [0.05, 0.1) is 11.3 Å². The zero-order valence-electron chi connectivity index (χ0n) is 18.5. The summed E-state index contributed by atoms with van der Waals surface area (Å²) in [5, 5.41) is 3.06. The van der Waals surface area contributed by atoms with Crippen molar-refractivity contribution in [1.29, 1.82) is 0 Å². The van der Waals surface area contributed by atoms with E-state index in [0.29, 0.717) is 25.2 Å². The Bertz CT molecular complexity index is 1030. The first-order valence-corrected chi connectivity index (χ1v) is 12.7. The van der Waals surface area contributed by atoms with E-state index in [1.54, 1.807) is 0 Å². The number of primary amides is 1. The molecule has 4 bridgehead atoms. The highest BCUT2D eigenvalue weighted by molar-refractivity contribution is 7.80. The molecular weight excluding hydrogens is 471 g/mol. The number of benzene rings is 1. The second-order valence-electron chi connectivity index (χ2n) is 10.5. The first kappa shape index (κ1) is 23.6. The fourth-order valence-corrected chi connectivity index (χ4v) is 8.13. The van der Waals surface area contributed by atoms with E-state index in [0.717, 1.165) is 35.7 Å². The Morgan fingerprint density at radius 3 is 2.24 bits per heavy atom. The second kappa shape index (κ2) is 7.94. The Morgan fingerprint density at radius 2 is 1.74 bits per heavy atom. The molecule has 0 aliphatic heterocycles. The number of para-hydroxylation sites is 1. The number of hydrogen-bond donors (Lipinski definition) is 3. The van der Waals surface area contributed by atoms with Gasteiger partial charge in [0.2, 0.25) is 11.8 Å². The largest absolute Gasteiger partial charge is 0.418 e. The van der Waals surface area contributed by atoms with Crippen molar-refractivity contribution in [3.63, 3.8) is 0 Å². The highest BCUT2D eigenvalue weighted by atomic mass is 32.2. The van der Waals surface area contributed by atoms with Gasteiger partial charge in [0.1, 0.15) is 5.54 Å². The molecule has 1 aromatic carbocycles. The molecule has 186 valence electrons. The predicted octanol–water partition coefficient (Wildman–Crippen LogP) is 3.37. The van der Waals surface area contributed by atoms with Crippen molar-refractivity contribution in [2.24, 2.45) is 28.9 Å². The van der Waals surface area contributed by atoms with E-state index in [2.05, 4.69) is 5.32 Å². The number of anilines is 1. The van der Waals surface area contributed by atoms with Crippen molar-refractivity contribution >= 4 is 28.8 Å². The summed E-state index contributed by atoms with van der Waals surface area (Å²) in [4.78, 5) is 25.9. The molecule has 0 aromatic heterocycles. The summed E-state index contributed by atoms with van der Waals surface area (Å²) in [6, 6.07) is 4.32. The third-order valence-electron chi connectivity index (χ3n) is 8.67. The number of carbonyl (C=O) groups excluding carboxylic acids is 2. The fourth-order valence-electron chi connectivity index (χ4n) is 7.24. The average Bonchev–Trinajstić information content (AvgIpc) is 2.71. The van der Waals surface area contributed by atoms with E-state index in [1.807, 2.05) is 0 Å². The van der Waals surface area contributed by atoms with Gasteiger partial charge in [-0.3, -0.25) is 18.4 Å². The Labute approximate surface area is 198 Å². The summed E-state index contributed by atoms with van der Waals surface area (Å²) >= 11 is -2.85. The Morgan fingerprint density at radius 1 is 1.12 bits per heavy atom. The molecule has 0 radical (unpaired) electrons. The van der Waals surface area contributed by atoms with Crippen LogP contribution in [0.25, 0.3) is 0 Å². The van der Waals surface area contributed by atoms with Gasteiger partial charge >= 0.3 is 6.18 Å². The number of rotatable bonds is 6. The Balaban J connectivity index is 1.44. The molecule has 34 heavy (non-hydrogen) atoms. The van der Waals surface area contributed by atoms with Gasteiger partial charge in [0, 0.05) is 11.5 Å². The highest BCUT2D eigenvalue weighted by Crippen LogP contribution is 2.60. The van der Waals surface area contributed by atoms with Gasteiger partial charge in [-0.25, -0.2) is 4.21 Å². The Hall–Kier alpha value is -2.14. The molecule has 5 fully saturated rings. The van der Waals surface area contributed by atoms with Crippen molar-refractivity contribution in [3.8, 4) is 0 Å². The maximum absolute atomic E-state index is 13.7. The van der Waals surface area contributed by atoms with Crippen LogP contribution in [0.2, 0.25) is 0 Å². The minimum atomic E-state index is -4.75. The number of amides is 2. The van der Waals surface area contributed by atoms with Crippen molar-refractivity contribution in [3.05, 3.63) is 29.8 Å². The highest BCUT2D eigenvalue weighted by Gasteiger charge is 2.60. The average molecular weight is 500 g/mol. The van der Waals surface area contributed by atoms with E-state index in [4.69, 9.17) is 5.73 Å². The molecular formula is C23H28F3N3O4S. The monoisotopic (exact) mass is 499 g/mol. The lowest BCUT2D eigenvalue weighted by molar-refractivity contribution is -0.149. The molecule has 0 spiro atoms. The lowest BCUT2D eigenvalue weighted by atomic mass is 9.47. The number of nitrogens with one attached hydrogen (secondary N) is 1. The van der Waals surface area contributed by atoms with Crippen molar-refractivity contribution in [2.75, 3.05) is 4.31 Å². The predicted molar refractivity (Wildman–Crippen MR) is 118 cm³/mol. The summed E-state index contributed by atoms with van der Waals surface area (Å²) in [5.41, 5.74) is 2.12. The topological polar surface area (TPSA) is 113 Å². The summed E-state index contributed by atoms with van der Waals surface area (Å²) in [6.07, 6.45) is -0.128. The lowest BCUT2D eigenvalue weighted by Crippen LogP contribution is -2.68. The molecule has 3 unspecified atom stereocenters. The standard InChI is InChI=1S/C23H28F3N3O4S/c24-23(25,26)16-4-1-2-5-17(16)29(34(32)33)22(6-3-7-22)20(31)28-18-14-8-13-9-15(18)12-21(10-13,11-14)19(27)30/h1-2,4-5,13-15,18H,3,6-12H2,(H2,27,30)(H,28,31)(H,32,33). The van der Waals surface area contributed by atoms with Crippen molar-refractivity contribution in [1.82, 2.24) is 5.32 Å². The van der Waals surface area contributed by atoms with Gasteiger partial charge in [-0.15, -0.1) is 0 Å². The minimum Gasteiger partial charge on any atom is -0.369 e. The van der Waals surface area contributed by atoms with Crippen LogP contribution in [0.15, 0.2) is 24.3 Å². The maximum atomic E-state index is 13.7. The van der Waals surface area contributed by atoms with Crippen LogP contribution in [-0.4, -0.2) is 32.2 Å². The van der Waals surface area contributed by atoms with Crippen LogP contribution in [-0.2, 0) is 27.0 Å². The Kier molecular flexibility index (Phi) is 5.51. The van der Waals surface area contributed by atoms with Gasteiger partial charge < -0.3 is 11.1 Å². The van der Waals surface area contributed by atoms with Crippen LogP contribution in [0.5, 0.6) is 0 Å². The van der Waals surface area contributed by atoms with E-state index < -0.39 is 45.6 Å². The number of hydrogen-bond acceptors (Lipinski definition) is 3. The van der Waals surface area contributed by atoms with Crippen molar-refractivity contribution < 1.29 is 31.5 Å². The van der Waals surface area contributed by atoms with Gasteiger partial charge in [0.15, 0.2) is 0 Å². The van der Waals surface area contributed by atoms with Crippen LogP contribution in [0.3, 0.4) is 0 Å². The third-order valence-corrected chi connectivity index (χ3v) is 9.53. The zero-order valence-corrected chi connectivity index (χ0v) is 19.3. The first-order chi connectivity index (χ1) is 16.0. The van der Waals surface area contributed by atoms with Gasteiger partial charge in [-0.05, 0) is 81.3 Å². The normalized spacial score (nSPS) is 34.2. The fraction of sp³-hybridized carbons (Fsp3) is 0.652. The van der Waals surface area contributed by atoms with Gasteiger partial charge in [0.25, 0.3) is 11.3 Å². The van der Waals surface area contributed by atoms with E-state index in [9.17, 15) is 31.5 Å². The lowest BCUT2D eigenvalue weighted by Gasteiger charge is -2.59. The smallest absolute Gasteiger partial charge is 0.369 e. The molecule has 1 aromatic rings. The third kappa shape index (κ3) is 3.54. The number of nitrogens with two attached hydrogens (primary N) is 1. The zero-order chi connectivity index (χ0) is 24.5. The summed E-state index contributed by atoms with van der Waals surface area (Å²) < 4.78 is 64.4. The molecule has 5 saturated carbocycles. The van der Waals surface area contributed by atoms with E-state index in [1.165, 1.54) is 12.1 Å². The van der Waals surface area contributed by atoms with Crippen molar-refractivity contribution in [2.45, 2.75) is 69.1 Å². The molecule has 11 heteroatoms.